The Kier molecular flexibility index (Phi) is 8.05. The molecule has 27 heavy (non-hydrogen) atoms. The van der Waals surface area contributed by atoms with Gasteiger partial charge >= 0.3 is 0 Å². The molecule has 7 nitrogen and oxygen atoms in total. The first-order valence-electron chi connectivity index (χ1n) is 8.75. The van der Waals surface area contributed by atoms with Crippen molar-refractivity contribution in [1.29, 1.82) is 0 Å². The highest BCUT2D eigenvalue weighted by Crippen LogP contribution is 2.26. The maximum Gasteiger partial charge on any atom is 0.253 e. The van der Waals surface area contributed by atoms with E-state index in [1.807, 2.05) is 13.8 Å². The van der Waals surface area contributed by atoms with Crippen molar-refractivity contribution in [3.8, 4) is 0 Å². The lowest BCUT2D eigenvalue weighted by molar-refractivity contribution is -0.113. The average molecular weight is 408 g/mol. The number of nitrogens with zero attached hydrogens (tertiary/aromatic N) is 2. The summed E-state index contributed by atoms with van der Waals surface area (Å²) in [5.41, 5.74) is 0.943. The fourth-order valence-corrected chi connectivity index (χ4v) is 3.63. The van der Waals surface area contributed by atoms with Crippen LogP contribution >= 0.6 is 23.1 Å². The van der Waals surface area contributed by atoms with Gasteiger partial charge in [0.1, 0.15) is 0 Å². The topological polar surface area (TPSA) is 96.0 Å². The summed E-state index contributed by atoms with van der Waals surface area (Å²) in [4.78, 5) is 24.5. The third-order valence-corrected chi connectivity index (χ3v) is 5.27. The van der Waals surface area contributed by atoms with E-state index in [4.69, 9.17) is 0 Å². The van der Waals surface area contributed by atoms with Crippen LogP contribution in [0.2, 0.25) is 0 Å². The highest BCUT2D eigenvalue weighted by Gasteiger charge is 2.14. The van der Waals surface area contributed by atoms with Crippen LogP contribution in [0.3, 0.4) is 0 Å². The van der Waals surface area contributed by atoms with E-state index in [1.54, 1.807) is 24.3 Å². The molecular weight excluding hydrogens is 382 g/mol. The van der Waals surface area contributed by atoms with Crippen LogP contribution in [0.15, 0.2) is 28.6 Å². The van der Waals surface area contributed by atoms with Gasteiger partial charge in [0.2, 0.25) is 11.0 Å². The third-order valence-electron chi connectivity index (χ3n) is 3.26. The number of nitrogens with one attached hydrogen (secondary N) is 3. The van der Waals surface area contributed by atoms with Crippen LogP contribution in [-0.4, -0.2) is 40.4 Å². The molecule has 0 aliphatic heterocycles. The Hall–Kier alpha value is -2.13. The van der Waals surface area contributed by atoms with Crippen molar-refractivity contribution in [3.05, 3.63) is 29.8 Å². The molecule has 0 unspecified atom stereocenters. The summed E-state index contributed by atoms with van der Waals surface area (Å²) in [5, 5.41) is 17.7. The molecule has 1 aromatic heterocycles. The molecule has 0 radical (unpaired) electrons. The van der Waals surface area contributed by atoms with Gasteiger partial charge < -0.3 is 16.0 Å². The van der Waals surface area contributed by atoms with Crippen LogP contribution in [-0.2, 0) is 4.79 Å². The smallest absolute Gasteiger partial charge is 0.253 e. The molecule has 0 aliphatic rings. The average Bonchev–Trinajstić information content (AvgIpc) is 3.06. The van der Waals surface area contributed by atoms with Crippen molar-refractivity contribution in [3.63, 3.8) is 0 Å². The van der Waals surface area contributed by atoms with Crippen molar-refractivity contribution in [1.82, 2.24) is 15.5 Å². The highest BCUT2D eigenvalue weighted by atomic mass is 32.2. The minimum Gasteiger partial charge on any atom is -0.360 e. The molecule has 2 amide bonds. The number of rotatable bonds is 9. The Morgan fingerprint density at radius 2 is 1.89 bits per heavy atom. The van der Waals surface area contributed by atoms with Crippen molar-refractivity contribution in [2.45, 2.75) is 38.1 Å². The minimum atomic E-state index is -0.210. The number of hydrogen-bond donors (Lipinski definition) is 3. The number of carbonyl (C=O) groups excluding carboxylic acids is 2. The molecule has 0 spiro atoms. The number of benzene rings is 1. The van der Waals surface area contributed by atoms with E-state index in [-0.39, 0.29) is 23.6 Å². The summed E-state index contributed by atoms with van der Waals surface area (Å²) >= 11 is 2.74. The minimum absolute atomic E-state index is 0.0210. The number of thioether (sulfide) groups is 1. The molecule has 1 heterocycles. The van der Waals surface area contributed by atoms with Gasteiger partial charge in [0.25, 0.3) is 5.91 Å². The molecule has 0 bridgehead atoms. The van der Waals surface area contributed by atoms with Gasteiger partial charge in [0.15, 0.2) is 4.34 Å². The van der Waals surface area contributed by atoms with Crippen molar-refractivity contribution >= 4 is 45.7 Å². The van der Waals surface area contributed by atoms with Crippen LogP contribution in [0.25, 0.3) is 0 Å². The van der Waals surface area contributed by atoms with Gasteiger partial charge in [0.05, 0.1) is 17.0 Å². The van der Waals surface area contributed by atoms with Crippen LogP contribution in [0.5, 0.6) is 0 Å². The number of hydrogen-bond acceptors (Lipinski definition) is 7. The molecule has 0 saturated heterocycles. The van der Waals surface area contributed by atoms with Crippen molar-refractivity contribution in [2.24, 2.45) is 5.92 Å². The van der Waals surface area contributed by atoms with Gasteiger partial charge in [0, 0.05) is 12.6 Å². The Morgan fingerprint density at radius 1 is 1.15 bits per heavy atom. The monoisotopic (exact) mass is 407 g/mol. The van der Waals surface area contributed by atoms with E-state index in [0.717, 1.165) is 16.0 Å². The van der Waals surface area contributed by atoms with E-state index in [1.165, 1.54) is 23.1 Å². The maximum atomic E-state index is 12.3. The number of para-hydroxylation sites is 1. The van der Waals surface area contributed by atoms with Crippen LogP contribution < -0.4 is 16.0 Å². The Labute approximate surface area is 167 Å². The predicted molar refractivity (Wildman–Crippen MR) is 112 cm³/mol. The van der Waals surface area contributed by atoms with E-state index in [9.17, 15) is 9.59 Å². The highest BCUT2D eigenvalue weighted by molar-refractivity contribution is 8.01. The third kappa shape index (κ3) is 7.18. The van der Waals surface area contributed by atoms with E-state index in [0.29, 0.717) is 17.2 Å². The van der Waals surface area contributed by atoms with Crippen molar-refractivity contribution in [2.75, 3.05) is 22.9 Å². The Balaban J connectivity index is 1.90. The number of amides is 2. The summed E-state index contributed by atoms with van der Waals surface area (Å²) < 4.78 is 0.724. The van der Waals surface area contributed by atoms with E-state index < -0.39 is 0 Å². The lowest BCUT2D eigenvalue weighted by atomic mass is 10.1. The van der Waals surface area contributed by atoms with Gasteiger partial charge in [-0.3, -0.25) is 9.59 Å². The molecule has 0 saturated carbocycles. The molecule has 2 rings (SSSR count). The Bertz CT molecular complexity index is 777. The summed E-state index contributed by atoms with van der Waals surface area (Å²) in [6.07, 6.45) is 0. The first-order valence-corrected chi connectivity index (χ1v) is 10.5. The largest absolute Gasteiger partial charge is 0.360 e. The van der Waals surface area contributed by atoms with Gasteiger partial charge in [-0.05, 0) is 31.9 Å². The summed E-state index contributed by atoms with van der Waals surface area (Å²) in [5.74, 6) is 0.304. The first-order chi connectivity index (χ1) is 12.8. The predicted octanol–water partition coefficient (Wildman–Crippen LogP) is 3.48. The lowest BCUT2D eigenvalue weighted by Gasteiger charge is -2.12. The van der Waals surface area contributed by atoms with Gasteiger partial charge in [-0.2, -0.15) is 0 Å². The second-order valence-corrected chi connectivity index (χ2v) is 8.86. The molecule has 3 N–H and O–H groups in total. The number of anilines is 2. The molecular formula is C18H25N5O2S2. The van der Waals surface area contributed by atoms with Crippen molar-refractivity contribution < 1.29 is 9.59 Å². The summed E-state index contributed by atoms with van der Waals surface area (Å²) in [6, 6.07) is 6.99. The molecule has 0 fully saturated rings. The first kappa shape index (κ1) is 21.2. The van der Waals surface area contributed by atoms with Gasteiger partial charge in [-0.1, -0.05) is 49.1 Å². The second kappa shape index (κ2) is 10.3. The van der Waals surface area contributed by atoms with Gasteiger partial charge in [-0.25, -0.2) is 0 Å². The fourth-order valence-electron chi connectivity index (χ4n) is 2.07. The molecule has 146 valence electrons. The normalized spacial score (nSPS) is 10.9. The summed E-state index contributed by atoms with van der Waals surface area (Å²) in [6.45, 7) is 8.85. The molecule has 1 aromatic carbocycles. The van der Waals surface area contributed by atoms with E-state index >= 15 is 0 Å². The zero-order chi connectivity index (χ0) is 19.8. The zero-order valence-corrected chi connectivity index (χ0v) is 17.5. The molecule has 2 aromatic rings. The lowest BCUT2D eigenvalue weighted by Crippen LogP contribution is -2.31. The standard InChI is InChI=1S/C18H25N5O2S2/c1-11(2)9-19-17-22-23-18(27-17)26-10-15(24)21-14-8-6-5-7-13(14)16(25)20-12(3)4/h5-8,11-12H,9-10H2,1-4H3,(H,19,22)(H,20,25)(H,21,24). The van der Waals surface area contributed by atoms with E-state index in [2.05, 4.69) is 40.0 Å². The molecule has 0 atom stereocenters. The van der Waals surface area contributed by atoms with Crippen LogP contribution in [0.1, 0.15) is 38.1 Å². The Morgan fingerprint density at radius 3 is 2.59 bits per heavy atom. The second-order valence-electron chi connectivity index (χ2n) is 6.66. The maximum absolute atomic E-state index is 12.3. The molecule has 9 heteroatoms. The SMILES string of the molecule is CC(C)CNc1nnc(SCC(=O)Nc2ccccc2C(=O)NC(C)C)s1. The number of aromatic nitrogens is 2. The van der Waals surface area contributed by atoms with Crippen LogP contribution in [0, 0.1) is 5.92 Å². The van der Waals surface area contributed by atoms with Crippen LogP contribution in [0.4, 0.5) is 10.8 Å². The number of carbonyl (C=O) groups is 2. The quantitative estimate of drug-likeness (QED) is 0.551. The fraction of sp³-hybridized carbons (Fsp3) is 0.444. The summed E-state index contributed by atoms with van der Waals surface area (Å²) in [7, 11) is 0. The molecule has 0 aliphatic carbocycles. The van der Waals surface area contributed by atoms with Gasteiger partial charge in [-0.15, -0.1) is 10.2 Å². The zero-order valence-electron chi connectivity index (χ0n) is 15.9.